The Hall–Kier alpha value is -1.62. The molecule has 94 valence electrons. The molecular formula is C12H17FN2O2. The third kappa shape index (κ3) is 3.42. The largest absolute Gasteiger partial charge is 0.394 e. The number of hydrogen-bond acceptors (Lipinski definition) is 2. The predicted molar refractivity (Wildman–Crippen MR) is 64.5 cm³/mol. The van der Waals surface area contributed by atoms with Gasteiger partial charge in [0.15, 0.2) is 0 Å². The van der Waals surface area contributed by atoms with Gasteiger partial charge in [-0.05, 0) is 31.5 Å². The van der Waals surface area contributed by atoms with Crippen molar-refractivity contribution in [2.24, 2.45) is 0 Å². The van der Waals surface area contributed by atoms with Crippen LogP contribution in [0.2, 0.25) is 0 Å². The Balaban J connectivity index is 2.77. The number of aliphatic hydroxyl groups is 1. The Morgan fingerprint density at radius 3 is 2.82 bits per heavy atom. The third-order valence-electron chi connectivity index (χ3n) is 2.69. The van der Waals surface area contributed by atoms with E-state index in [-0.39, 0.29) is 18.7 Å². The minimum atomic E-state index is -0.399. The lowest BCUT2D eigenvalue weighted by Crippen LogP contribution is -2.40. The van der Waals surface area contributed by atoms with E-state index < -0.39 is 5.82 Å². The molecule has 0 saturated heterocycles. The fourth-order valence-electron chi connectivity index (χ4n) is 1.25. The molecule has 0 aliphatic rings. The van der Waals surface area contributed by atoms with Crippen LogP contribution in [-0.4, -0.2) is 35.7 Å². The lowest BCUT2D eigenvalue weighted by atomic mass is 10.2. The van der Waals surface area contributed by atoms with Crippen LogP contribution in [0, 0.1) is 12.7 Å². The molecule has 0 radical (unpaired) electrons. The molecule has 0 bridgehead atoms. The van der Waals surface area contributed by atoms with Crippen molar-refractivity contribution in [1.82, 2.24) is 4.90 Å². The van der Waals surface area contributed by atoms with Crippen molar-refractivity contribution in [2.45, 2.75) is 19.9 Å². The van der Waals surface area contributed by atoms with Gasteiger partial charge in [0.05, 0.1) is 12.6 Å². The van der Waals surface area contributed by atoms with Crippen molar-refractivity contribution in [1.29, 1.82) is 0 Å². The van der Waals surface area contributed by atoms with Gasteiger partial charge in [-0.3, -0.25) is 0 Å². The smallest absolute Gasteiger partial charge is 0.321 e. The molecular weight excluding hydrogens is 223 g/mol. The Morgan fingerprint density at radius 1 is 1.59 bits per heavy atom. The monoisotopic (exact) mass is 240 g/mol. The second-order valence-corrected chi connectivity index (χ2v) is 4.03. The van der Waals surface area contributed by atoms with Gasteiger partial charge in [-0.15, -0.1) is 0 Å². The molecule has 0 spiro atoms. The molecule has 4 nitrogen and oxygen atoms in total. The average Bonchev–Trinajstić information content (AvgIpc) is 2.31. The van der Waals surface area contributed by atoms with E-state index in [2.05, 4.69) is 5.32 Å². The van der Waals surface area contributed by atoms with E-state index in [9.17, 15) is 9.18 Å². The summed E-state index contributed by atoms with van der Waals surface area (Å²) in [4.78, 5) is 13.1. The molecule has 1 atom stereocenters. The van der Waals surface area contributed by atoms with Gasteiger partial charge in [-0.2, -0.15) is 0 Å². The number of anilines is 1. The highest BCUT2D eigenvalue weighted by Crippen LogP contribution is 2.16. The van der Waals surface area contributed by atoms with Gasteiger partial charge < -0.3 is 15.3 Å². The molecule has 0 fully saturated rings. The quantitative estimate of drug-likeness (QED) is 0.848. The van der Waals surface area contributed by atoms with E-state index in [1.54, 1.807) is 27.0 Å². The average molecular weight is 240 g/mol. The zero-order chi connectivity index (χ0) is 13.0. The van der Waals surface area contributed by atoms with Gasteiger partial charge in [-0.1, -0.05) is 6.07 Å². The minimum absolute atomic E-state index is 0.119. The molecule has 0 saturated carbocycles. The number of benzene rings is 1. The highest BCUT2D eigenvalue weighted by atomic mass is 19.1. The van der Waals surface area contributed by atoms with E-state index in [1.165, 1.54) is 17.0 Å². The van der Waals surface area contributed by atoms with Crippen molar-refractivity contribution in [2.75, 3.05) is 19.0 Å². The van der Waals surface area contributed by atoms with Crippen LogP contribution in [0.3, 0.4) is 0 Å². The van der Waals surface area contributed by atoms with Crippen molar-refractivity contribution in [3.8, 4) is 0 Å². The third-order valence-corrected chi connectivity index (χ3v) is 2.69. The Kier molecular flexibility index (Phi) is 4.45. The summed E-state index contributed by atoms with van der Waals surface area (Å²) >= 11 is 0. The number of likely N-dealkylation sites (N-methyl/N-ethyl adjacent to an activating group) is 1. The summed E-state index contributed by atoms with van der Waals surface area (Å²) in [6.07, 6.45) is 0. The van der Waals surface area contributed by atoms with Crippen LogP contribution in [0.1, 0.15) is 12.5 Å². The fourth-order valence-corrected chi connectivity index (χ4v) is 1.25. The number of halogens is 1. The second kappa shape index (κ2) is 5.63. The van der Waals surface area contributed by atoms with Gasteiger partial charge in [0, 0.05) is 12.7 Å². The number of amides is 2. The van der Waals surface area contributed by atoms with Crippen LogP contribution >= 0.6 is 0 Å². The first kappa shape index (κ1) is 13.4. The molecule has 17 heavy (non-hydrogen) atoms. The number of aliphatic hydroxyl groups excluding tert-OH is 1. The van der Waals surface area contributed by atoms with E-state index in [0.717, 1.165) is 5.56 Å². The molecule has 5 heteroatoms. The number of urea groups is 1. The van der Waals surface area contributed by atoms with Gasteiger partial charge in [-0.25, -0.2) is 9.18 Å². The van der Waals surface area contributed by atoms with Crippen molar-refractivity contribution < 1.29 is 14.3 Å². The molecule has 0 aliphatic carbocycles. The zero-order valence-electron chi connectivity index (χ0n) is 10.2. The van der Waals surface area contributed by atoms with Gasteiger partial charge in [0.2, 0.25) is 0 Å². The van der Waals surface area contributed by atoms with Gasteiger partial charge in [0.1, 0.15) is 5.82 Å². The summed E-state index contributed by atoms with van der Waals surface area (Å²) < 4.78 is 13.0. The maximum absolute atomic E-state index is 13.0. The number of rotatable bonds is 3. The first-order valence-electron chi connectivity index (χ1n) is 5.36. The maximum Gasteiger partial charge on any atom is 0.321 e. The Bertz CT molecular complexity index is 409. The predicted octanol–water partition coefficient (Wildman–Crippen LogP) is 1.98. The molecule has 2 N–H and O–H groups in total. The van der Waals surface area contributed by atoms with Crippen molar-refractivity contribution in [3.05, 3.63) is 29.6 Å². The number of nitrogens with one attached hydrogen (secondary N) is 1. The molecule has 0 heterocycles. The highest BCUT2D eigenvalue weighted by molar-refractivity contribution is 5.90. The summed E-state index contributed by atoms with van der Waals surface area (Å²) in [5.74, 6) is -0.399. The summed E-state index contributed by atoms with van der Waals surface area (Å²) in [6, 6.07) is 3.54. The van der Waals surface area contributed by atoms with E-state index in [4.69, 9.17) is 5.11 Å². The molecule has 1 aromatic carbocycles. The minimum Gasteiger partial charge on any atom is -0.394 e. The first-order valence-corrected chi connectivity index (χ1v) is 5.36. The lowest BCUT2D eigenvalue weighted by molar-refractivity contribution is 0.166. The molecule has 2 amide bonds. The summed E-state index contributed by atoms with van der Waals surface area (Å²) in [6.45, 7) is 3.38. The van der Waals surface area contributed by atoms with Crippen LogP contribution in [0.4, 0.5) is 14.9 Å². The summed E-state index contributed by atoms with van der Waals surface area (Å²) in [7, 11) is 1.57. The molecule has 1 aromatic rings. The Morgan fingerprint density at radius 2 is 2.24 bits per heavy atom. The number of carbonyl (C=O) groups excluding carboxylic acids is 1. The van der Waals surface area contributed by atoms with E-state index in [0.29, 0.717) is 5.69 Å². The molecule has 0 aliphatic heterocycles. The molecule has 0 aromatic heterocycles. The van der Waals surface area contributed by atoms with Crippen LogP contribution < -0.4 is 5.32 Å². The van der Waals surface area contributed by atoms with Crippen molar-refractivity contribution in [3.63, 3.8) is 0 Å². The fraction of sp³-hybridized carbons (Fsp3) is 0.417. The van der Waals surface area contributed by atoms with E-state index in [1.807, 2.05) is 0 Å². The highest BCUT2D eigenvalue weighted by Gasteiger charge is 2.15. The number of nitrogens with zero attached hydrogens (tertiary/aromatic N) is 1. The maximum atomic E-state index is 13.0. The summed E-state index contributed by atoms with van der Waals surface area (Å²) in [5.41, 5.74) is 1.22. The SMILES string of the molecule is Cc1ccc(F)cc1NC(=O)N(C)C(C)CO. The van der Waals surface area contributed by atoms with Crippen LogP contribution in [-0.2, 0) is 0 Å². The van der Waals surface area contributed by atoms with E-state index >= 15 is 0 Å². The second-order valence-electron chi connectivity index (χ2n) is 4.03. The van der Waals surface area contributed by atoms with Gasteiger partial charge >= 0.3 is 6.03 Å². The Labute approximate surface area is 100 Å². The first-order chi connectivity index (χ1) is 7.95. The normalized spacial score (nSPS) is 12.1. The topological polar surface area (TPSA) is 52.6 Å². The lowest BCUT2D eigenvalue weighted by Gasteiger charge is -2.23. The molecule has 1 rings (SSSR count). The number of aryl methyl sites for hydroxylation is 1. The number of carbonyl (C=O) groups is 1. The number of hydrogen-bond donors (Lipinski definition) is 2. The summed E-state index contributed by atoms with van der Waals surface area (Å²) in [5, 5.41) is 11.5. The van der Waals surface area contributed by atoms with Crippen LogP contribution in [0.25, 0.3) is 0 Å². The van der Waals surface area contributed by atoms with Crippen LogP contribution in [0.15, 0.2) is 18.2 Å². The molecule has 1 unspecified atom stereocenters. The van der Waals surface area contributed by atoms with Gasteiger partial charge in [0.25, 0.3) is 0 Å². The van der Waals surface area contributed by atoms with Crippen molar-refractivity contribution >= 4 is 11.7 Å². The standard InChI is InChI=1S/C12H17FN2O2/c1-8-4-5-10(13)6-11(8)14-12(17)15(3)9(2)7-16/h4-6,9,16H,7H2,1-3H3,(H,14,17). The van der Waals surface area contributed by atoms with Crippen LogP contribution in [0.5, 0.6) is 0 Å². The zero-order valence-corrected chi connectivity index (χ0v) is 10.2.